The molecule has 1 aromatic heterocycles. The summed E-state index contributed by atoms with van der Waals surface area (Å²) in [5.74, 6) is -0.803. The summed E-state index contributed by atoms with van der Waals surface area (Å²) < 4.78 is 0.708. The van der Waals surface area contributed by atoms with Gasteiger partial charge in [0.15, 0.2) is 5.82 Å². The van der Waals surface area contributed by atoms with Gasteiger partial charge < -0.3 is 10.4 Å². The van der Waals surface area contributed by atoms with E-state index in [1.807, 2.05) is 0 Å². The van der Waals surface area contributed by atoms with Crippen molar-refractivity contribution in [2.45, 2.75) is 0 Å². The molecule has 0 aliphatic heterocycles. The lowest BCUT2D eigenvalue weighted by Gasteiger charge is -2.05. The molecule has 0 aromatic carbocycles. The average molecular weight is 258 g/mol. The van der Waals surface area contributed by atoms with E-state index in [9.17, 15) is 4.79 Å². The van der Waals surface area contributed by atoms with Crippen LogP contribution in [0.5, 0.6) is 0 Å². The molecular weight excluding hydrogens is 250 g/mol. The molecule has 0 saturated heterocycles. The van der Waals surface area contributed by atoms with Crippen LogP contribution < -0.4 is 5.32 Å². The number of carboxylic acids is 1. The molecule has 0 fully saturated rings. The third kappa shape index (κ3) is 2.81. The molecule has 0 aliphatic rings. The van der Waals surface area contributed by atoms with E-state index >= 15 is 0 Å². The Hall–Kier alpha value is -1.43. The van der Waals surface area contributed by atoms with Crippen LogP contribution in [0.25, 0.3) is 0 Å². The smallest absolute Gasteiger partial charge is 0.339 e. The zero-order valence-corrected chi connectivity index (χ0v) is 8.78. The molecule has 1 heterocycles. The molecule has 0 unspecified atom stereocenters. The van der Waals surface area contributed by atoms with Gasteiger partial charge >= 0.3 is 5.97 Å². The van der Waals surface area contributed by atoms with Crippen LogP contribution in [-0.4, -0.2) is 27.8 Å². The van der Waals surface area contributed by atoms with Gasteiger partial charge in [-0.05, 0) is 6.07 Å². The zero-order valence-electron chi connectivity index (χ0n) is 7.20. The second-order valence-corrected chi connectivity index (χ2v) is 3.59. The minimum Gasteiger partial charge on any atom is -0.478 e. The Bertz CT molecular complexity index is 367. The topological polar surface area (TPSA) is 75.1 Å². The number of hydrogen-bond donors (Lipinski definition) is 2. The summed E-state index contributed by atoms with van der Waals surface area (Å²) in [7, 11) is 0. The number of aromatic carboxylic acids is 1. The molecule has 14 heavy (non-hydrogen) atoms. The Morgan fingerprint density at radius 3 is 3.00 bits per heavy atom. The van der Waals surface area contributed by atoms with Gasteiger partial charge in [-0.2, -0.15) is 5.10 Å². The molecule has 1 aromatic rings. The molecule has 0 atom stereocenters. The maximum absolute atomic E-state index is 10.7. The maximum Gasteiger partial charge on any atom is 0.339 e. The lowest BCUT2D eigenvalue weighted by molar-refractivity contribution is 0.0697. The van der Waals surface area contributed by atoms with E-state index in [-0.39, 0.29) is 11.4 Å². The van der Waals surface area contributed by atoms with Crippen molar-refractivity contribution in [3.05, 3.63) is 28.9 Å². The van der Waals surface area contributed by atoms with E-state index in [0.29, 0.717) is 11.0 Å². The van der Waals surface area contributed by atoms with Crippen molar-refractivity contribution in [2.75, 3.05) is 11.9 Å². The van der Waals surface area contributed by atoms with Gasteiger partial charge in [0.2, 0.25) is 0 Å². The number of carbonyl (C=O) groups is 1. The van der Waals surface area contributed by atoms with Crippen LogP contribution in [0.3, 0.4) is 0 Å². The van der Waals surface area contributed by atoms with E-state index in [1.54, 1.807) is 0 Å². The quantitative estimate of drug-likeness (QED) is 0.855. The lowest BCUT2D eigenvalue weighted by atomic mass is 10.3. The highest BCUT2D eigenvalue weighted by Crippen LogP contribution is 2.11. The summed E-state index contributed by atoms with van der Waals surface area (Å²) in [5, 5.41) is 18.8. The van der Waals surface area contributed by atoms with Gasteiger partial charge in [-0.15, -0.1) is 5.10 Å². The molecule has 6 heteroatoms. The monoisotopic (exact) mass is 257 g/mol. The molecule has 74 valence electrons. The maximum atomic E-state index is 10.7. The van der Waals surface area contributed by atoms with Crippen molar-refractivity contribution >= 4 is 27.7 Å². The lowest BCUT2D eigenvalue weighted by Crippen LogP contribution is -2.09. The Labute approximate surface area is 89.0 Å². The second-order valence-electron chi connectivity index (χ2n) is 2.47. The summed E-state index contributed by atoms with van der Waals surface area (Å²) in [6.07, 6.45) is 1.33. The van der Waals surface area contributed by atoms with Crippen molar-refractivity contribution in [3.63, 3.8) is 0 Å². The van der Waals surface area contributed by atoms with E-state index < -0.39 is 5.97 Å². The summed E-state index contributed by atoms with van der Waals surface area (Å²) in [4.78, 5) is 10.7. The number of anilines is 1. The zero-order chi connectivity index (χ0) is 10.6. The van der Waals surface area contributed by atoms with Crippen molar-refractivity contribution in [1.82, 2.24) is 10.2 Å². The number of halogens is 1. The van der Waals surface area contributed by atoms with Crippen molar-refractivity contribution in [1.29, 1.82) is 0 Å². The largest absolute Gasteiger partial charge is 0.478 e. The predicted octanol–water partition coefficient (Wildman–Crippen LogP) is 1.50. The predicted molar refractivity (Wildman–Crippen MR) is 55.5 cm³/mol. The number of nitrogens with zero attached hydrogens (tertiary/aromatic N) is 2. The van der Waals surface area contributed by atoms with Gasteiger partial charge in [-0.3, -0.25) is 0 Å². The SMILES string of the molecule is C=C(Br)CNc1nnccc1C(=O)O. The third-order valence-corrected chi connectivity index (χ3v) is 1.68. The van der Waals surface area contributed by atoms with E-state index in [0.717, 1.165) is 0 Å². The van der Waals surface area contributed by atoms with Crippen molar-refractivity contribution in [2.24, 2.45) is 0 Å². The highest BCUT2D eigenvalue weighted by Gasteiger charge is 2.10. The Morgan fingerprint density at radius 2 is 2.43 bits per heavy atom. The molecular formula is C8H8BrN3O2. The fourth-order valence-electron chi connectivity index (χ4n) is 0.815. The van der Waals surface area contributed by atoms with Crippen LogP contribution in [0.4, 0.5) is 5.82 Å². The van der Waals surface area contributed by atoms with Crippen LogP contribution in [0, 0.1) is 0 Å². The molecule has 0 saturated carbocycles. The van der Waals surface area contributed by atoms with Gasteiger partial charge in [-0.1, -0.05) is 22.5 Å². The first-order valence-electron chi connectivity index (χ1n) is 3.73. The van der Waals surface area contributed by atoms with Gasteiger partial charge in [0.1, 0.15) is 5.56 Å². The first kappa shape index (κ1) is 10.6. The Kier molecular flexibility index (Phi) is 3.58. The number of rotatable bonds is 4. The Balaban J connectivity index is 2.84. The molecule has 0 amide bonds. The van der Waals surface area contributed by atoms with Gasteiger partial charge in [0.25, 0.3) is 0 Å². The van der Waals surface area contributed by atoms with Gasteiger partial charge in [-0.25, -0.2) is 4.79 Å². The molecule has 2 N–H and O–H groups in total. The van der Waals surface area contributed by atoms with Crippen LogP contribution in [0.2, 0.25) is 0 Å². The number of nitrogens with one attached hydrogen (secondary N) is 1. The number of carboxylic acid groups (broad SMARTS) is 1. The molecule has 1 rings (SSSR count). The highest BCUT2D eigenvalue weighted by atomic mass is 79.9. The molecule has 5 nitrogen and oxygen atoms in total. The molecule has 0 spiro atoms. The summed E-state index contributed by atoms with van der Waals surface area (Å²) in [6.45, 7) is 4.01. The van der Waals surface area contributed by atoms with Crippen molar-refractivity contribution in [3.8, 4) is 0 Å². The standard InChI is InChI=1S/C8H8BrN3O2/c1-5(9)4-10-7-6(8(13)14)2-3-11-12-7/h2-3H,1,4H2,(H,10,12)(H,13,14). The molecule has 0 aliphatic carbocycles. The third-order valence-electron chi connectivity index (χ3n) is 1.40. The molecule has 0 radical (unpaired) electrons. The fraction of sp³-hybridized carbons (Fsp3) is 0.125. The molecule has 0 bridgehead atoms. The van der Waals surface area contributed by atoms with Gasteiger partial charge in [0.05, 0.1) is 6.20 Å². The van der Waals surface area contributed by atoms with E-state index in [2.05, 4.69) is 38.0 Å². The highest BCUT2D eigenvalue weighted by molar-refractivity contribution is 9.11. The van der Waals surface area contributed by atoms with Crippen LogP contribution in [-0.2, 0) is 0 Å². The first-order chi connectivity index (χ1) is 6.61. The van der Waals surface area contributed by atoms with E-state index in [1.165, 1.54) is 12.3 Å². The van der Waals surface area contributed by atoms with Crippen LogP contribution >= 0.6 is 15.9 Å². The van der Waals surface area contributed by atoms with Crippen LogP contribution in [0.1, 0.15) is 10.4 Å². The fourth-order valence-corrected chi connectivity index (χ4v) is 0.955. The number of hydrogen-bond acceptors (Lipinski definition) is 4. The Morgan fingerprint density at radius 1 is 1.71 bits per heavy atom. The minimum absolute atomic E-state index is 0.0914. The first-order valence-corrected chi connectivity index (χ1v) is 4.52. The summed E-state index contributed by atoms with van der Waals surface area (Å²) >= 11 is 3.14. The normalized spacial score (nSPS) is 9.50. The van der Waals surface area contributed by atoms with Gasteiger partial charge in [0, 0.05) is 11.0 Å². The average Bonchev–Trinajstić information content (AvgIpc) is 2.15. The summed E-state index contributed by atoms with van der Waals surface area (Å²) in [5.41, 5.74) is 0.0914. The van der Waals surface area contributed by atoms with Crippen molar-refractivity contribution < 1.29 is 9.90 Å². The minimum atomic E-state index is -1.04. The second kappa shape index (κ2) is 4.71. The number of aromatic nitrogens is 2. The van der Waals surface area contributed by atoms with Crippen LogP contribution in [0.15, 0.2) is 23.3 Å². The van der Waals surface area contributed by atoms with E-state index in [4.69, 9.17) is 5.11 Å². The summed E-state index contributed by atoms with van der Waals surface area (Å²) in [6, 6.07) is 1.38.